The van der Waals surface area contributed by atoms with E-state index >= 15 is 0 Å². The van der Waals surface area contributed by atoms with E-state index in [2.05, 4.69) is 19.9 Å². The van der Waals surface area contributed by atoms with Gasteiger partial charge in [-0.15, -0.1) is 11.3 Å². The summed E-state index contributed by atoms with van der Waals surface area (Å²) < 4.78 is 0. The Bertz CT molecular complexity index is 699. The van der Waals surface area contributed by atoms with Gasteiger partial charge >= 0.3 is 0 Å². The maximum Gasteiger partial charge on any atom is 0.273 e. The van der Waals surface area contributed by atoms with Gasteiger partial charge in [-0.05, 0) is 38.2 Å². The highest BCUT2D eigenvalue weighted by Gasteiger charge is 2.31. The molecule has 1 atom stereocenters. The first-order valence-corrected chi connectivity index (χ1v) is 9.49. The van der Waals surface area contributed by atoms with E-state index in [1.165, 1.54) is 12.8 Å². The molecule has 0 radical (unpaired) electrons. The predicted octanol–water partition coefficient (Wildman–Crippen LogP) is 2.90. The maximum absolute atomic E-state index is 13.1. The van der Waals surface area contributed by atoms with Gasteiger partial charge in [-0.3, -0.25) is 4.79 Å². The van der Waals surface area contributed by atoms with E-state index in [1.54, 1.807) is 23.6 Å². The second-order valence-electron chi connectivity index (χ2n) is 6.32. The van der Waals surface area contributed by atoms with Gasteiger partial charge in [0.25, 0.3) is 5.91 Å². The molecule has 6 nitrogen and oxygen atoms in total. The zero-order chi connectivity index (χ0) is 16.4. The Morgan fingerprint density at radius 1 is 1.08 bits per heavy atom. The van der Waals surface area contributed by atoms with Crippen molar-refractivity contribution in [3.63, 3.8) is 0 Å². The maximum atomic E-state index is 13.1. The molecule has 2 aromatic rings. The fourth-order valence-electron chi connectivity index (χ4n) is 3.51. The highest BCUT2D eigenvalue weighted by Crippen LogP contribution is 2.33. The first kappa shape index (κ1) is 15.5. The Balaban J connectivity index is 1.58. The van der Waals surface area contributed by atoms with Crippen molar-refractivity contribution in [2.45, 2.75) is 38.1 Å². The number of piperidine rings is 1. The van der Waals surface area contributed by atoms with Crippen LogP contribution in [0.3, 0.4) is 0 Å². The lowest BCUT2D eigenvalue weighted by Crippen LogP contribution is -2.39. The molecule has 0 N–H and O–H groups in total. The van der Waals surface area contributed by atoms with Crippen LogP contribution < -0.4 is 4.90 Å². The number of rotatable bonds is 3. The third kappa shape index (κ3) is 3.00. The summed E-state index contributed by atoms with van der Waals surface area (Å²) in [4.78, 5) is 30.5. The molecule has 2 aliphatic heterocycles. The molecule has 0 aliphatic carbocycles. The first-order chi connectivity index (χ1) is 11.8. The number of thiazole rings is 1. The topological polar surface area (TPSA) is 62.2 Å². The monoisotopic (exact) mass is 343 g/mol. The van der Waals surface area contributed by atoms with Gasteiger partial charge in [-0.2, -0.15) is 0 Å². The van der Waals surface area contributed by atoms with Crippen molar-refractivity contribution >= 4 is 23.2 Å². The molecule has 0 saturated carbocycles. The molecule has 1 amide bonds. The van der Waals surface area contributed by atoms with Gasteiger partial charge < -0.3 is 9.80 Å². The number of carbonyl (C=O) groups is 1. The molecule has 0 spiro atoms. The van der Waals surface area contributed by atoms with Gasteiger partial charge in [0.15, 0.2) is 0 Å². The van der Waals surface area contributed by atoms with Crippen LogP contribution in [0.1, 0.15) is 53.6 Å². The number of hydrogen-bond donors (Lipinski definition) is 0. The summed E-state index contributed by atoms with van der Waals surface area (Å²) >= 11 is 1.62. The van der Waals surface area contributed by atoms with Crippen LogP contribution in [0, 0.1) is 0 Å². The summed E-state index contributed by atoms with van der Waals surface area (Å²) in [6.45, 7) is 2.72. The molecule has 1 unspecified atom stereocenters. The summed E-state index contributed by atoms with van der Waals surface area (Å²) in [5, 5.41) is 3.00. The normalized spacial score (nSPS) is 21.2. The number of aromatic nitrogens is 3. The lowest BCUT2D eigenvalue weighted by atomic mass is 10.0. The van der Waals surface area contributed by atoms with Gasteiger partial charge in [-0.25, -0.2) is 15.0 Å². The van der Waals surface area contributed by atoms with Crippen molar-refractivity contribution in [1.82, 2.24) is 19.9 Å². The van der Waals surface area contributed by atoms with Crippen molar-refractivity contribution in [2.75, 3.05) is 24.5 Å². The molecule has 2 fully saturated rings. The largest absolute Gasteiger partial charge is 0.341 e. The smallest absolute Gasteiger partial charge is 0.273 e. The van der Waals surface area contributed by atoms with E-state index < -0.39 is 0 Å². The fraction of sp³-hybridized carbons (Fsp3) is 0.529. The SMILES string of the molecule is O=C(c1ccnc(N2CCCC2)n1)N1CCCCC1c1nccs1. The van der Waals surface area contributed by atoms with Gasteiger partial charge in [0.05, 0.1) is 6.04 Å². The van der Waals surface area contributed by atoms with Crippen LogP contribution >= 0.6 is 11.3 Å². The van der Waals surface area contributed by atoms with Gasteiger partial charge in [0.1, 0.15) is 10.7 Å². The van der Waals surface area contributed by atoms with Crippen LogP contribution in [0.4, 0.5) is 5.95 Å². The quantitative estimate of drug-likeness (QED) is 0.857. The summed E-state index contributed by atoms with van der Waals surface area (Å²) in [6, 6.07) is 1.81. The Morgan fingerprint density at radius 3 is 2.71 bits per heavy atom. The molecule has 2 aromatic heterocycles. The van der Waals surface area contributed by atoms with Crippen molar-refractivity contribution in [1.29, 1.82) is 0 Å². The summed E-state index contributed by atoms with van der Waals surface area (Å²) in [7, 11) is 0. The van der Waals surface area contributed by atoms with E-state index in [0.717, 1.165) is 43.9 Å². The second kappa shape index (κ2) is 6.84. The predicted molar refractivity (Wildman–Crippen MR) is 93.2 cm³/mol. The molecular weight excluding hydrogens is 322 g/mol. The minimum absolute atomic E-state index is 0.00209. The van der Waals surface area contributed by atoms with E-state index in [1.807, 2.05) is 16.5 Å². The molecule has 7 heteroatoms. The number of anilines is 1. The lowest BCUT2D eigenvalue weighted by molar-refractivity contribution is 0.0605. The molecule has 0 bridgehead atoms. The van der Waals surface area contributed by atoms with Crippen LogP contribution in [0.25, 0.3) is 0 Å². The van der Waals surface area contributed by atoms with E-state index in [-0.39, 0.29) is 11.9 Å². The van der Waals surface area contributed by atoms with Crippen molar-refractivity contribution in [2.24, 2.45) is 0 Å². The van der Waals surface area contributed by atoms with E-state index in [4.69, 9.17) is 0 Å². The average Bonchev–Trinajstić information content (AvgIpc) is 3.35. The molecule has 4 heterocycles. The molecular formula is C17H21N5OS. The molecule has 2 saturated heterocycles. The number of carbonyl (C=O) groups excluding carboxylic acids is 1. The van der Waals surface area contributed by atoms with E-state index in [9.17, 15) is 4.79 Å². The third-order valence-corrected chi connectivity index (χ3v) is 5.63. The molecule has 0 aromatic carbocycles. The number of likely N-dealkylation sites (tertiary alicyclic amines) is 1. The summed E-state index contributed by atoms with van der Waals surface area (Å²) in [5.41, 5.74) is 0.496. The first-order valence-electron chi connectivity index (χ1n) is 8.61. The third-order valence-electron chi connectivity index (χ3n) is 4.75. The molecule has 24 heavy (non-hydrogen) atoms. The molecule has 2 aliphatic rings. The van der Waals surface area contributed by atoms with Crippen molar-refractivity contribution in [3.8, 4) is 0 Å². The molecule has 4 rings (SSSR count). The van der Waals surface area contributed by atoms with Gasteiger partial charge in [-0.1, -0.05) is 0 Å². The number of amides is 1. The highest BCUT2D eigenvalue weighted by atomic mass is 32.1. The van der Waals surface area contributed by atoms with Crippen LogP contribution in [-0.2, 0) is 0 Å². The summed E-state index contributed by atoms with van der Waals surface area (Å²) in [6.07, 6.45) is 9.00. The van der Waals surface area contributed by atoms with Crippen molar-refractivity contribution in [3.05, 3.63) is 34.5 Å². The average molecular weight is 343 g/mol. The standard InChI is InChI=1S/C17H21N5OS/c23-16(13-6-7-19-17(20-13)21-9-3-4-10-21)22-11-2-1-5-14(22)15-18-8-12-24-15/h6-8,12,14H,1-5,9-11H2. The lowest BCUT2D eigenvalue weighted by Gasteiger charge is -2.34. The van der Waals surface area contributed by atoms with E-state index in [0.29, 0.717) is 11.6 Å². The Kier molecular flexibility index (Phi) is 4.42. The zero-order valence-electron chi connectivity index (χ0n) is 13.6. The van der Waals surface area contributed by atoms with Crippen LogP contribution in [-0.4, -0.2) is 45.4 Å². The van der Waals surface area contributed by atoms with Crippen LogP contribution in [0.2, 0.25) is 0 Å². The Morgan fingerprint density at radius 2 is 1.92 bits per heavy atom. The summed E-state index contributed by atoms with van der Waals surface area (Å²) in [5.74, 6) is 0.680. The number of hydrogen-bond acceptors (Lipinski definition) is 6. The minimum atomic E-state index is -0.00209. The van der Waals surface area contributed by atoms with Crippen LogP contribution in [0.15, 0.2) is 23.8 Å². The fourth-order valence-corrected chi connectivity index (χ4v) is 4.30. The Labute approximate surface area is 145 Å². The Hall–Kier alpha value is -2.02. The van der Waals surface area contributed by atoms with Crippen LogP contribution in [0.5, 0.6) is 0 Å². The second-order valence-corrected chi connectivity index (χ2v) is 7.24. The van der Waals surface area contributed by atoms with Gasteiger partial charge in [0.2, 0.25) is 5.95 Å². The van der Waals surface area contributed by atoms with Gasteiger partial charge in [0, 0.05) is 37.4 Å². The number of nitrogens with zero attached hydrogens (tertiary/aromatic N) is 5. The highest BCUT2D eigenvalue weighted by molar-refractivity contribution is 7.09. The van der Waals surface area contributed by atoms with Crippen molar-refractivity contribution < 1.29 is 4.79 Å². The zero-order valence-corrected chi connectivity index (χ0v) is 14.4. The molecule has 126 valence electrons. The minimum Gasteiger partial charge on any atom is -0.341 e.